The van der Waals surface area contributed by atoms with Gasteiger partial charge in [0.1, 0.15) is 0 Å². The Bertz CT molecular complexity index is 28.1. The van der Waals surface area contributed by atoms with Crippen LogP contribution >= 0.6 is 0 Å². The Morgan fingerprint density at radius 2 is 1.00 bits per heavy atom. The van der Waals surface area contributed by atoms with Crippen molar-refractivity contribution in [3.05, 3.63) is 0 Å². The molecule has 0 radical (unpaired) electrons. The predicted molar refractivity (Wildman–Crippen MR) is 34.8 cm³/mol. The molecule has 72 valence electrons. The molecule has 6 nitrogen and oxygen atoms in total. The Hall–Kier alpha value is 0.474. The first kappa shape index (κ1) is 30.0. The molecule has 0 aliphatic carbocycles. The van der Waals surface area contributed by atoms with Crippen LogP contribution in [0.2, 0.25) is 0 Å². The van der Waals surface area contributed by atoms with E-state index in [0.29, 0.717) is 13.1 Å². The van der Waals surface area contributed by atoms with E-state index in [9.17, 15) is 0 Å². The summed E-state index contributed by atoms with van der Waals surface area (Å²) < 4.78 is 0. The zero-order valence-corrected chi connectivity index (χ0v) is 8.26. The SMILES string of the molecule is CCNO.CCNO.[OH-].[OH-].[Ti]. The molecule has 0 atom stereocenters. The van der Waals surface area contributed by atoms with Crippen LogP contribution in [-0.4, -0.2) is 34.5 Å². The van der Waals surface area contributed by atoms with E-state index in [0.717, 1.165) is 0 Å². The number of rotatable bonds is 2. The topological polar surface area (TPSA) is 125 Å². The molecule has 0 amide bonds. The van der Waals surface area contributed by atoms with Crippen molar-refractivity contribution in [3.63, 3.8) is 0 Å². The molecule has 0 heterocycles. The van der Waals surface area contributed by atoms with Crippen molar-refractivity contribution in [2.75, 3.05) is 13.1 Å². The van der Waals surface area contributed by atoms with Gasteiger partial charge in [-0.2, -0.15) is 0 Å². The van der Waals surface area contributed by atoms with Gasteiger partial charge in [-0.05, 0) is 0 Å². The van der Waals surface area contributed by atoms with Gasteiger partial charge in [0.2, 0.25) is 0 Å². The fourth-order valence-corrected chi connectivity index (χ4v) is 0. The minimum atomic E-state index is 0. The summed E-state index contributed by atoms with van der Waals surface area (Å²) in [6, 6.07) is 0. The minimum absolute atomic E-state index is 0. The summed E-state index contributed by atoms with van der Waals surface area (Å²) in [6.45, 7) is 4.89. The molecule has 11 heavy (non-hydrogen) atoms. The molecule has 0 saturated carbocycles. The molecule has 7 heteroatoms. The number of nitrogens with one attached hydrogen (secondary N) is 2. The van der Waals surface area contributed by atoms with E-state index in [1.54, 1.807) is 0 Å². The zero-order valence-electron chi connectivity index (χ0n) is 6.70. The Morgan fingerprint density at radius 1 is 0.909 bits per heavy atom. The van der Waals surface area contributed by atoms with E-state index in [1.165, 1.54) is 0 Å². The molecular weight excluding hydrogens is 188 g/mol. The first-order valence-electron chi connectivity index (χ1n) is 2.57. The summed E-state index contributed by atoms with van der Waals surface area (Å²) >= 11 is 0. The fraction of sp³-hybridized carbons (Fsp3) is 1.00. The Balaban J connectivity index is -0.0000000171. The summed E-state index contributed by atoms with van der Waals surface area (Å²) in [4.78, 5) is 0. The third-order valence-electron chi connectivity index (χ3n) is 0.316. The third-order valence-corrected chi connectivity index (χ3v) is 0.316. The molecular formula is C4H16N2O4Ti-2. The second-order valence-electron chi connectivity index (χ2n) is 1.02. The molecule has 0 fully saturated rings. The molecule has 0 aliphatic heterocycles. The van der Waals surface area contributed by atoms with Crippen molar-refractivity contribution in [2.45, 2.75) is 13.8 Å². The van der Waals surface area contributed by atoms with Gasteiger partial charge in [0, 0.05) is 34.8 Å². The van der Waals surface area contributed by atoms with Gasteiger partial charge < -0.3 is 21.4 Å². The maximum absolute atomic E-state index is 7.62. The second-order valence-corrected chi connectivity index (χ2v) is 1.02. The first-order chi connectivity index (χ1) is 3.83. The van der Waals surface area contributed by atoms with E-state index in [-0.39, 0.29) is 32.7 Å². The number of hydrogen-bond acceptors (Lipinski definition) is 6. The maximum Gasteiger partial charge on any atom is 0.0179 e. The first-order valence-corrected chi connectivity index (χ1v) is 2.57. The largest absolute Gasteiger partial charge is 0.870 e. The minimum Gasteiger partial charge on any atom is -0.870 e. The third kappa shape index (κ3) is 123. The molecule has 0 aromatic rings. The molecule has 0 saturated heterocycles. The van der Waals surface area contributed by atoms with Crippen LogP contribution in [0.3, 0.4) is 0 Å². The average molecular weight is 204 g/mol. The molecule has 0 rings (SSSR count). The standard InChI is InChI=1S/2C2H7NO.2H2O.Ti/c2*1-2-3-4;;;/h2*3-4H,2H2,1H3;2*1H2;/p-2. The molecule has 0 unspecified atom stereocenters. The number of hydrogen-bond donors (Lipinski definition) is 4. The van der Waals surface area contributed by atoms with Crippen molar-refractivity contribution < 1.29 is 43.1 Å². The van der Waals surface area contributed by atoms with E-state index in [1.807, 2.05) is 24.8 Å². The van der Waals surface area contributed by atoms with Gasteiger partial charge in [-0.3, -0.25) is 0 Å². The number of hydroxylamine groups is 2. The molecule has 0 bridgehead atoms. The van der Waals surface area contributed by atoms with Crippen molar-refractivity contribution in [1.82, 2.24) is 11.0 Å². The molecule has 0 aromatic heterocycles. The van der Waals surface area contributed by atoms with Crippen LogP contribution in [0.15, 0.2) is 0 Å². The van der Waals surface area contributed by atoms with Gasteiger partial charge in [0.25, 0.3) is 0 Å². The van der Waals surface area contributed by atoms with Crippen LogP contribution in [0, 0.1) is 0 Å². The zero-order chi connectivity index (χ0) is 6.83. The van der Waals surface area contributed by atoms with Crippen LogP contribution in [-0.2, 0) is 21.7 Å². The van der Waals surface area contributed by atoms with Crippen molar-refractivity contribution >= 4 is 0 Å². The second kappa shape index (κ2) is 47.0. The normalized spacial score (nSPS) is 5.45. The van der Waals surface area contributed by atoms with E-state index in [2.05, 4.69) is 0 Å². The van der Waals surface area contributed by atoms with Crippen LogP contribution < -0.4 is 11.0 Å². The quantitative estimate of drug-likeness (QED) is 0.358. The smallest absolute Gasteiger partial charge is 0.0179 e. The summed E-state index contributed by atoms with van der Waals surface area (Å²) in [5.74, 6) is 0. The maximum atomic E-state index is 7.62. The fourth-order valence-electron chi connectivity index (χ4n) is 0. The van der Waals surface area contributed by atoms with Crippen LogP contribution in [0.25, 0.3) is 0 Å². The molecule has 0 spiro atoms. The molecule has 0 aromatic carbocycles. The van der Waals surface area contributed by atoms with Gasteiger partial charge in [-0.1, -0.05) is 13.8 Å². The predicted octanol–water partition coefficient (Wildman–Crippen LogP) is -0.386. The summed E-state index contributed by atoms with van der Waals surface area (Å²) in [5, 5.41) is 15.2. The van der Waals surface area contributed by atoms with Gasteiger partial charge in [0.05, 0.1) is 0 Å². The van der Waals surface area contributed by atoms with E-state index in [4.69, 9.17) is 10.4 Å². The van der Waals surface area contributed by atoms with Crippen LogP contribution in [0.5, 0.6) is 0 Å². The Kier molecular flexibility index (Phi) is 128. The van der Waals surface area contributed by atoms with E-state index < -0.39 is 0 Å². The van der Waals surface area contributed by atoms with Crippen molar-refractivity contribution in [3.8, 4) is 0 Å². The van der Waals surface area contributed by atoms with Gasteiger partial charge in [0.15, 0.2) is 0 Å². The monoisotopic (exact) mass is 204 g/mol. The molecule has 6 N–H and O–H groups in total. The van der Waals surface area contributed by atoms with Gasteiger partial charge in [-0.15, -0.1) is 0 Å². The van der Waals surface area contributed by atoms with Crippen molar-refractivity contribution in [2.24, 2.45) is 0 Å². The Morgan fingerprint density at radius 3 is 1.00 bits per heavy atom. The Labute approximate surface area is 81.4 Å². The summed E-state index contributed by atoms with van der Waals surface area (Å²) in [5.41, 5.74) is 3.86. The van der Waals surface area contributed by atoms with E-state index >= 15 is 0 Å². The van der Waals surface area contributed by atoms with Gasteiger partial charge in [-0.25, -0.2) is 11.0 Å². The van der Waals surface area contributed by atoms with Crippen LogP contribution in [0.4, 0.5) is 0 Å². The van der Waals surface area contributed by atoms with Crippen molar-refractivity contribution in [1.29, 1.82) is 0 Å². The summed E-state index contributed by atoms with van der Waals surface area (Å²) in [7, 11) is 0. The average Bonchev–Trinajstić information content (AvgIpc) is 1.88. The van der Waals surface area contributed by atoms with Gasteiger partial charge >= 0.3 is 0 Å². The van der Waals surface area contributed by atoms with Crippen LogP contribution in [0.1, 0.15) is 13.8 Å². The summed E-state index contributed by atoms with van der Waals surface area (Å²) in [6.07, 6.45) is 0. The molecule has 0 aliphatic rings.